The van der Waals surface area contributed by atoms with Crippen molar-refractivity contribution < 1.29 is 19.8 Å². The highest BCUT2D eigenvalue weighted by atomic mass is 16.4. The quantitative estimate of drug-likeness (QED) is 0.566. The first-order chi connectivity index (χ1) is 8.90. The van der Waals surface area contributed by atoms with Crippen LogP contribution in [0, 0.1) is 6.92 Å². The summed E-state index contributed by atoms with van der Waals surface area (Å²) in [7, 11) is 0. The molecule has 0 aromatic carbocycles. The number of aliphatic hydroxyl groups is 1. The molecule has 2 amide bonds. The van der Waals surface area contributed by atoms with E-state index in [-0.39, 0.29) is 6.54 Å². The number of aromatic nitrogens is 2. The normalized spacial score (nSPS) is 13.4. The Morgan fingerprint density at radius 1 is 1.47 bits per heavy atom. The summed E-state index contributed by atoms with van der Waals surface area (Å²) >= 11 is 0. The van der Waals surface area contributed by atoms with Crippen LogP contribution in [0.4, 0.5) is 4.79 Å². The molecule has 1 heterocycles. The third kappa shape index (κ3) is 4.88. The molecule has 0 bridgehead atoms. The number of carbonyl (C=O) groups excluding carboxylic acids is 1. The van der Waals surface area contributed by atoms with Crippen LogP contribution >= 0.6 is 0 Å². The number of carboxylic acids is 1. The fourth-order valence-electron chi connectivity index (χ4n) is 1.36. The Bertz CT molecular complexity index is 464. The lowest BCUT2D eigenvalue weighted by molar-refractivity contribution is -0.141. The van der Waals surface area contributed by atoms with Gasteiger partial charge in [0.15, 0.2) is 6.04 Å². The van der Waals surface area contributed by atoms with Crippen LogP contribution < -0.4 is 10.6 Å². The van der Waals surface area contributed by atoms with Crippen molar-refractivity contribution in [1.29, 1.82) is 0 Å². The van der Waals surface area contributed by atoms with E-state index < -0.39 is 24.1 Å². The number of hydrogen-bond acceptors (Lipinski definition) is 5. The van der Waals surface area contributed by atoms with Crippen molar-refractivity contribution in [3.05, 3.63) is 23.8 Å². The topological polar surface area (TPSA) is 124 Å². The number of hydrogen-bond donors (Lipinski definition) is 4. The number of aryl methyl sites for hydroxylation is 1. The van der Waals surface area contributed by atoms with Gasteiger partial charge >= 0.3 is 12.0 Å². The van der Waals surface area contributed by atoms with Crippen LogP contribution in [0.25, 0.3) is 0 Å². The fraction of sp³-hybridized carbons (Fsp3) is 0.455. The van der Waals surface area contributed by atoms with E-state index in [1.54, 1.807) is 19.2 Å². The number of aliphatic carboxylic acids is 1. The van der Waals surface area contributed by atoms with E-state index in [1.807, 2.05) is 0 Å². The number of rotatable bonds is 5. The Kier molecular flexibility index (Phi) is 5.19. The second-order valence-corrected chi connectivity index (χ2v) is 3.98. The summed E-state index contributed by atoms with van der Waals surface area (Å²) in [5.41, 5.74) is 0.603. The number of urea groups is 1. The molecule has 0 aliphatic rings. The highest BCUT2D eigenvalue weighted by Gasteiger charge is 2.24. The minimum Gasteiger partial charge on any atom is -0.480 e. The first-order valence-corrected chi connectivity index (χ1v) is 5.64. The first-order valence-electron chi connectivity index (χ1n) is 5.64. The molecular formula is C11H16N4O4. The van der Waals surface area contributed by atoms with Crippen molar-refractivity contribution in [2.24, 2.45) is 0 Å². The van der Waals surface area contributed by atoms with Gasteiger partial charge in [-0.25, -0.2) is 19.6 Å². The zero-order valence-corrected chi connectivity index (χ0v) is 10.6. The van der Waals surface area contributed by atoms with Crippen LogP contribution in [0.15, 0.2) is 12.3 Å². The van der Waals surface area contributed by atoms with Crippen LogP contribution in [-0.2, 0) is 11.3 Å². The summed E-state index contributed by atoms with van der Waals surface area (Å²) in [4.78, 5) is 30.2. The molecule has 0 fully saturated rings. The van der Waals surface area contributed by atoms with E-state index in [0.717, 1.165) is 0 Å². The number of nitrogens with one attached hydrogen (secondary N) is 2. The molecule has 0 saturated heterocycles. The van der Waals surface area contributed by atoms with Gasteiger partial charge in [-0.05, 0) is 19.9 Å². The van der Waals surface area contributed by atoms with E-state index >= 15 is 0 Å². The van der Waals surface area contributed by atoms with Gasteiger partial charge in [-0.3, -0.25) is 0 Å². The van der Waals surface area contributed by atoms with Crippen molar-refractivity contribution >= 4 is 12.0 Å². The molecule has 104 valence electrons. The maximum Gasteiger partial charge on any atom is 0.328 e. The molecular weight excluding hydrogens is 252 g/mol. The Morgan fingerprint density at radius 3 is 2.68 bits per heavy atom. The van der Waals surface area contributed by atoms with Gasteiger partial charge in [0.2, 0.25) is 0 Å². The number of aliphatic hydroxyl groups excluding tert-OH is 1. The summed E-state index contributed by atoms with van der Waals surface area (Å²) in [6, 6.07) is -0.409. The van der Waals surface area contributed by atoms with Gasteiger partial charge in [0.1, 0.15) is 5.82 Å². The van der Waals surface area contributed by atoms with Crippen molar-refractivity contribution in [3.8, 4) is 0 Å². The smallest absolute Gasteiger partial charge is 0.328 e. The van der Waals surface area contributed by atoms with Gasteiger partial charge in [-0.15, -0.1) is 0 Å². The monoisotopic (exact) mass is 268 g/mol. The summed E-state index contributed by atoms with van der Waals surface area (Å²) < 4.78 is 0. The van der Waals surface area contributed by atoms with Crippen LogP contribution in [0.3, 0.4) is 0 Å². The molecule has 8 heteroatoms. The van der Waals surface area contributed by atoms with Crippen LogP contribution in [0.2, 0.25) is 0 Å². The third-order valence-electron chi connectivity index (χ3n) is 2.30. The summed E-state index contributed by atoms with van der Waals surface area (Å²) in [5.74, 6) is -0.727. The largest absolute Gasteiger partial charge is 0.480 e. The van der Waals surface area contributed by atoms with Gasteiger partial charge in [-0.1, -0.05) is 0 Å². The highest BCUT2D eigenvalue weighted by molar-refractivity contribution is 5.82. The molecule has 0 aliphatic heterocycles. The predicted molar refractivity (Wildman–Crippen MR) is 65.2 cm³/mol. The SMILES string of the molecule is Cc1nccc(CNC(=O)NC(C(=O)O)C(C)O)n1. The minimum absolute atomic E-state index is 0.140. The second-order valence-electron chi connectivity index (χ2n) is 3.98. The average Bonchev–Trinajstić information content (AvgIpc) is 2.32. The van der Waals surface area contributed by atoms with Crippen molar-refractivity contribution in [2.75, 3.05) is 0 Å². The standard InChI is InChI=1S/C11H16N4O4/c1-6(16)9(10(17)18)15-11(19)13-5-8-3-4-12-7(2)14-8/h3-4,6,9,16H,5H2,1-2H3,(H,17,18)(H2,13,15,19). The van der Waals surface area contributed by atoms with Gasteiger partial charge in [-0.2, -0.15) is 0 Å². The Morgan fingerprint density at radius 2 is 2.16 bits per heavy atom. The maximum absolute atomic E-state index is 11.5. The van der Waals surface area contributed by atoms with E-state index in [0.29, 0.717) is 11.5 Å². The van der Waals surface area contributed by atoms with Gasteiger partial charge in [0.05, 0.1) is 18.3 Å². The summed E-state index contributed by atoms with van der Waals surface area (Å²) in [6.07, 6.45) is 0.372. The number of amides is 2. The third-order valence-corrected chi connectivity index (χ3v) is 2.30. The lowest BCUT2D eigenvalue weighted by Crippen LogP contribution is -2.51. The second kappa shape index (κ2) is 6.64. The molecule has 0 saturated carbocycles. The Labute approximate surface area is 109 Å². The van der Waals surface area contributed by atoms with Gasteiger partial charge in [0, 0.05) is 6.20 Å². The zero-order valence-electron chi connectivity index (χ0n) is 10.6. The van der Waals surface area contributed by atoms with Crippen LogP contribution in [0.5, 0.6) is 0 Å². The maximum atomic E-state index is 11.5. The molecule has 2 atom stereocenters. The number of carboxylic acid groups (broad SMARTS) is 1. The van der Waals surface area contributed by atoms with Crippen molar-refractivity contribution in [1.82, 2.24) is 20.6 Å². The minimum atomic E-state index is -1.35. The van der Waals surface area contributed by atoms with Crippen LogP contribution in [0.1, 0.15) is 18.4 Å². The summed E-state index contributed by atoms with van der Waals surface area (Å²) in [6.45, 7) is 3.14. The molecule has 8 nitrogen and oxygen atoms in total. The predicted octanol–water partition coefficient (Wildman–Crippen LogP) is -0.582. The van der Waals surface area contributed by atoms with E-state index in [4.69, 9.17) is 5.11 Å². The fourth-order valence-corrected chi connectivity index (χ4v) is 1.36. The van der Waals surface area contributed by atoms with Gasteiger partial charge < -0.3 is 20.8 Å². The molecule has 2 unspecified atom stereocenters. The van der Waals surface area contributed by atoms with E-state index in [9.17, 15) is 14.7 Å². The molecule has 4 N–H and O–H groups in total. The number of nitrogens with zero attached hydrogens (tertiary/aromatic N) is 2. The molecule has 19 heavy (non-hydrogen) atoms. The lowest BCUT2D eigenvalue weighted by atomic mass is 10.2. The van der Waals surface area contributed by atoms with Crippen molar-refractivity contribution in [2.45, 2.75) is 32.5 Å². The van der Waals surface area contributed by atoms with Gasteiger partial charge in [0.25, 0.3) is 0 Å². The molecule has 0 radical (unpaired) electrons. The summed E-state index contributed by atoms with van der Waals surface area (Å²) in [5, 5.41) is 22.6. The average molecular weight is 268 g/mol. The Hall–Kier alpha value is -2.22. The molecule has 1 aromatic heterocycles. The van der Waals surface area contributed by atoms with Crippen LogP contribution in [-0.4, -0.2) is 44.3 Å². The van der Waals surface area contributed by atoms with E-state index in [2.05, 4.69) is 20.6 Å². The Balaban J connectivity index is 2.49. The molecule has 0 aliphatic carbocycles. The lowest BCUT2D eigenvalue weighted by Gasteiger charge is -2.17. The number of carbonyl (C=O) groups is 2. The highest BCUT2D eigenvalue weighted by Crippen LogP contribution is 1.95. The molecule has 1 aromatic rings. The van der Waals surface area contributed by atoms with E-state index in [1.165, 1.54) is 6.92 Å². The molecule has 1 rings (SSSR count). The zero-order chi connectivity index (χ0) is 14.4. The van der Waals surface area contributed by atoms with Crippen molar-refractivity contribution in [3.63, 3.8) is 0 Å². The molecule has 0 spiro atoms. The first kappa shape index (κ1) is 14.8.